The van der Waals surface area contributed by atoms with Crippen molar-refractivity contribution in [3.63, 3.8) is 0 Å². The van der Waals surface area contributed by atoms with Gasteiger partial charge in [-0.15, -0.1) is 10.2 Å². The highest BCUT2D eigenvalue weighted by Gasteiger charge is 2.19. The molecular formula is C8H8N6O4. The standard InChI is InChI=1S/C8H8N6O4/c1-3(6-10-13-14-11-6)9-7(15)4-2-5(8(16)17)18-12-4/h2-3H,1H3,(H,9,15)(H,16,17)(H,10,11,13,14). The van der Waals surface area contributed by atoms with Gasteiger partial charge in [-0.05, 0) is 6.92 Å². The second-order valence-electron chi connectivity index (χ2n) is 3.35. The Kier molecular flexibility index (Phi) is 3.00. The fraction of sp³-hybridized carbons (Fsp3) is 0.250. The Morgan fingerprint density at radius 3 is 2.89 bits per heavy atom. The Labute approximate surface area is 99.4 Å². The number of amides is 1. The number of nitrogens with one attached hydrogen (secondary N) is 2. The van der Waals surface area contributed by atoms with Crippen molar-refractivity contribution in [2.45, 2.75) is 13.0 Å². The van der Waals surface area contributed by atoms with Crippen LogP contribution in [0, 0.1) is 0 Å². The molecule has 2 aromatic rings. The summed E-state index contributed by atoms with van der Waals surface area (Å²) in [5.74, 6) is -2.01. The molecule has 3 N–H and O–H groups in total. The van der Waals surface area contributed by atoms with Gasteiger partial charge in [0, 0.05) is 6.07 Å². The van der Waals surface area contributed by atoms with Gasteiger partial charge in [0.15, 0.2) is 11.5 Å². The minimum atomic E-state index is -1.30. The van der Waals surface area contributed by atoms with Crippen LogP contribution in [0.1, 0.15) is 39.8 Å². The smallest absolute Gasteiger partial charge is 0.374 e. The van der Waals surface area contributed by atoms with Crippen molar-refractivity contribution in [2.24, 2.45) is 0 Å². The van der Waals surface area contributed by atoms with E-state index in [-0.39, 0.29) is 5.69 Å². The highest BCUT2D eigenvalue weighted by molar-refractivity contribution is 5.94. The lowest BCUT2D eigenvalue weighted by atomic mass is 10.3. The molecule has 0 saturated heterocycles. The third kappa shape index (κ3) is 2.31. The van der Waals surface area contributed by atoms with Crippen molar-refractivity contribution in [1.82, 2.24) is 31.1 Å². The van der Waals surface area contributed by atoms with E-state index in [9.17, 15) is 9.59 Å². The van der Waals surface area contributed by atoms with Crippen molar-refractivity contribution in [3.05, 3.63) is 23.3 Å². The van der Waals surface area contributed by atoms with Gasteiger partial charge >= 0.3 is 5.97 Å². The highest BCUT2D eigenvalue weighted by Crippen LogP contribution is 2.07. The van der Waals surface area contributed by atoms with Crippen molar-refractivity contribution in [1.29, 1.82) is 0 Å². The summed E-state index contributed by atoms with van der Waals surface area (Å²) in [5, 5.41) is 27.5. The summed E-state index contributed by atoms with van der Waals surface area (Å²) in [4.78, 5) is 22.2. The van der Waals surface area contributed by atoms with Gasteiger partial charge in [-0.2, -0.15) is 5.21 Å². The van der Waals surface area contributed by atoms with E-state index in [1.165, 1.54) is 0 Å². The predicted octanol–water partition coefficient (Wildman–Crippen LogP) is -0.623. The largest absolute Gasteiger partial charge is 0.475 e. The normalized spacial score (nSPS) is 12.1. The molecule has 18 heavy (non-hydrogen) atoms. The molecule has 10 nitrogen and oxygen atoms in total. The summed E-state index contributed by atoms with van der Waals surface area (Å²) < 4.78 is 4.46. The molecule has 1 atom stereocenters. The number of carbonyl (C=O) groups excluding carboxylic acids is 1. The molecule has 0 aliphatic rings. The quantitative estimate of drug-likeness (QED) is 0.651. The minimum absolute atomic E-state index is 0.136. The van der Waals surface area contributed by atoms with Crippen LogP contribution >= 0.6 is 0 Å². The van der Waals surface area contributed by atoms with Crippen molar-refractivity contribution < 1.29 is 19.2 Å². The number of carboxylic acid groups (broad SMARTS) is 1. The third-order valence-corrected chi connectivity index (χ3v) is 2.05. The fourth-order valence-corrected chi connectivity index (χ4v) is 1.17. The number of carbonyl (C=O) groups is 2. The molecular weight excluding hydrogens is 244 g/mol. The Morgan fingerprint density at radius 2 is 2.33 bits per heavy atom. The predicted molar refractivity (Wildman–Crippen MR) is 53.5 cm³/mol. The molecule has 10 heteroatoms. The molecule has 2 rings (SSSR count). The summed E-state index contributed by atoms with van der Waals surface area (Å²) in [6, 6.07) is 0.530. The SMILES string of the molecule is CC(NC(=O)c1cc(C(=O)O)on1)c1nn[nH]n1. The topological polar surface area (TPSA) is 147 Å². The number of tetrazole rings is 1. The van der Waals surface area contributed by atoms with Crippen LogP contribution in [0.25, 0.3) is 0 Å². The highest BCUT2D eigenvalue weighted by atomic mass is 16.5. The van der Waals surface area contributed by atoms with E-state index in [1.807, 2.05) is 0 Å². The average Bonchev–Trinajstić information content (AvgIpc) is 3.00. The average molecular weight is 252 g/mol. The van der Waals surface area contributed by atoms with E-state index in [4.69, 9.17) is 5.11 Å². The zero-order valence-corrected chi connectivity index (χ0v) is 9.12. The Balaban J connectivity index is 2.05. The van der Waals surface area contributed by atoms with Gasteiger partial charge in [-0.25, -0.2) is 4.79 Å². The van der Waals surface area contributed by atoms with Gasteiger partial charge < -0.3 is 14.9 Å². The molecule has 2 aromatic heterocycles. The van der Waals surface area contributed by atoms with E-state index in [0.29, 0.717) is 5.82 Å². The minimum Gasteiger partial charge on any atom is -0.475 e. The van der Waals surface area contributed by atoms with E-state index in [0.717, 1.165) is 6.07 Å². The maximum absolute atomic E-state index is 11.7. The molecule has 1 unspecified atom stereocenters. The van der Waals surface area contributed by atoms with E-state index < -0.39 is 23.7 Å². The second kappa shape index (κ2) is 4.61. The molecule has 94 valence electrons. The fourth-order valence-electron chi connectivity index (χ4n) is 1.17. The Bertz CT molecular complexity index is 562. The summed E-state index contributed by atoms with van der Waals surface area (Å²) in [7, 11) is 0. The molecule has 0 radical (unpaired) electrons. The molecule has 0 bridgehead atoms. The summed E-state index contributed by atoms with van der Waals surface area (Å²) in [6.45, 7) is 1.64. The number of aromatic amines is 1. The van der Waals surface area contributed by atoms with Crippen LogP contribution in [0.5, 0.6) is 0 Å². The van der Waals surface area contributed by atoms with Crippen LogP contribution in [-0.4, -0.2) is 42.8 Å². The van der Waals surface area contributed by atoms with Crippen LogP contribution in [-0.2, 0) is 0 Å². The third-order valence-electron chi connectivity index (χ3n) is 2.05. The molecule has 2 heterocycles. The first-order valence-corrected chi connectivity index (χ1v) is 4.82. The number of nitrogens with zero attached hydrogens (tertiary/aromatic N) is 4. The number of carboxylic acids is 1. The lowest BCUT2D eigenvalue weighted by Crippen LogP contribution is -2.27. The zero-order valence-electron chi connectivity index (χ0n) is 9.12. The van der Waals surface area contributed by atoms with Crippen molar-refractivity contribution in [2.75, 3.05) is 0 Å². The summed E-state index contributed by atoms with van der Waals surface area (Å²) >= 11 is 0. The van der Waals surface area contributed by atoms with Crippen LogP contribution in [0.4, 0.5) is 0 Å². The molecule has 0 aliphatic heterocycles. The number of aromatic carboxylic acids is 1. The zero-order chi connectivity index (χ0) is 13.1. The number of hydrogen-bond acceptors (Lipinski definition) is 7. The van der Waals surface area contributed by atoms with E-state index >= 15 is 0 Å². The maximum atomic E-state index is 11.7. The van der Waals surface area contributed by atoms with Gasteiger partial charge in [0.2, 0.25) is 5.76 Å². The van der Waals surface area contributed by atoms with Crippen LogP contribution in [0.2, 0.25) is 0 Å². The van der Waals surface area contributed by atoms with Crippen LogP contribution in [0.3, 0.4) is 0 Å². The lowest BCUT2D eigenvalue weighted by molar-refractivity contribution is 0.0651. The molecule has 0 aliphatic carbocycles. The lowest BCUT2D eigenvalue weighted by Gasteiger charge is -2.07. The molecule has 1 amide bonds. The Hall–Kier alpha value is -2.78. The van der Waals surface area contributed by atoms with Crippen molar-refractivity contribution >= 4 is 11.9 Å². The van der Waals surface area contributed by atoms with Crippen LogP contribution in [0.15, 0.2) is 10.6 Å². The van der Waals surface area contributed by atoms with E-state index in [2.05, 4.69) is 35.6 Å². The first-order valence-electron chi connectivity index (χ1n) is 4.82. The summed E-state index contributed by atoms with van der Waals surface area (Å²) in [5.41, 5.74) is -0.136. The van der Waals surface area contributed by atoms with Gasteiger partial charge in [0.1, 0.15) is 0 Å². The first-order chi connectivity index (χ1) is 8.58. The monoisotopic (exact) mass is 252 g/mol. The van der Waals surface area contributed by atoms with Gasteiger partial charge in [0.05, 0.1) is 6.04 Å². The van der Waals surface area contributed by atoms with Gasteiger partial charge in [0.25, 0.3) is 5.91 Å². The second-order valence-corrected chi connectivity index (χ2v) is 3.35. The maximum Gasteiger partial charge on any atom is 0.374 e. The summed E-state index contributed by atoms with van der Waals surface area (Å²) in [6.07, 6.45) is 0. The number of H-pyrrole nitrogens is 1. The Morgan fingerprint density at radius 1 is 1.56 bits per heavy atom. The van der Waals surface area contributed by atoms with Gasteiger partial charge in [-0.1, -0.05) is 10.4 Å². The van der Waals surface area contributed by atoms with Gasteiger partial charge in [-0.3, -0.25) is 4.79 Å². The van der Waals surface area contributed by atoms with Crippen molar-refractivity contribution in [3.8, 4) is 0 Å². The number of rotatable bonds is 4. The molecule has 0 spiro atoms. The molecule has 0 saturated carbocycles. The molecule has 0 fully saturated rings. The number of aromatic nitrogens is 5. The first kappa shape index (κ1) is 11.7. The molecule has 0 aromatic carbocycles. The number of hydrogen-bond donors (Lipinski definition) is 3. The van der Waals surface area contributed by atoms with E-state index in [1.54, 1.807) is 6.92 Å². The van der Waals surface area contributed by atoms with Crippen LogP contribution < -0.4 is 5.32 Å².